The lowest BCUT2D eigenvalue weighted by Gasteiger charge is -2.07. The van der Waals surface area contributed by atoms with Gasteiger partial charge >= 0.3 is 0 Å². The van der Waals surface area contributed by atoms with E-state index in [2.05, 4.69) is 5.32 Å². The minimum absolute atomic E-state index is 0.222. The molecule has 0 fully saturated rings. The van der Waals surface area contributed by atoms with E-state index in [4.69, 9.17) is 20.8 Å². The Balaban J connectivity index is 2.03. The van der Waals surface area contributed by atoms with Crippen molar-refractivity contribution in [1.29, 1.82) is 0 Å². The summed E-state index contributed by atoms with van der Waals surface area (Å²) < 4.78 is 10.3. The van der Waals surface area contributed by atoms with Gasteiger partial charge in [0.05, 0.1) is 19.2 Å². The second-order valence-corrected chi connectivity index (χ2v) is 3.96. The lowest BCUT2D eigenvalue weighted by atomic mass is 10.2. The van der Waals surface area contributed by atoms with Crippen LogP contribution in [-0.2, 0) is 6.54 Å². The molecule has 5 heteroatoms. The first-order valence-electron chi connectivity index (χ1n) is 5.36. The number of methoxy groups -OCH3 is 1. The Bertz CT molecular complexity index is 551. The summed E-state index contributed by atoms with van der Waals surface area (Å²) in [5.41, 5.74) is 0.484. The minimum atomic E-state index is -0.222. The van der Waals surface area contributed by atoms with Crippen LogP contribution in [-0.4, -0.2) is 13.0 Å². The van der Waals surface area contributed by atoms with Gasteiger partial charge in [-0.15, -0.1) is 0 Å². The molecular weight excluding hydrogens is 254 g/mol. The first kappa shape index (κ1) is 12.5. The molecule has 2 aromatic rings. The predicted molar refractivity (Wildman–Crippen MR) is 67.9 cm³/mol. The molecule has 1 amide bonds. The van der Waals surface area contributed by atoms with Crippen molar-refractivity contribution in [2.24, 2.45) is 0 Å². The number of nitrogens with one attached hydrogen (secondary N) is 1. The van der Waals surface area contributed by atoms with Crippen LogP contribution in [0, 0.1) is 0 Å². The summed E-state index contributed by atoms with van der Waals surface area (Å²) in [5.74, 6) is 0.913. The Morgan fingerprint density at radius 1 is 1.33 bits per heavy atom. The van der Waals surface area contributed by atoms with Crippen LogP contribution >= 0.6 is 11.6 Å². The summed E-state index contributed by atoms with van der Waals surface area (Å²) in [5, 5.41) is 3.03. The van der Waals surface area contributed by atoms with Crippen molar-refractivity contribution < 1.29 is 13.9 Å². The second-order valence-electron chi connectivity index (χ2n) is 3.59. The van der Waals surface area contributed by atoms with Crippen molar-refractivity contribution >= 4 is 17.5 Å². The standard InChI is InChI=1S/C13H12ClNO3/c1-17-11-5-3-2-4-10(11)13(16)15-8-9-6-7-12(14)18-9/h2-7H,8H2,1H3,(H,15,16). The molecule has 0 atom stereocenters. The maximum absolute atomic E-state index is 11.9. The quantitative estimate of drug-likeness (QED) is 0.925. The molecule has 1 heterocycles. The number of halogens is 1. The van der Waals surface area contributed by atoms with E-state index in [1.807, 2.05) is 6.07 Å². The Kier molecular flexibility index (Phi) is 3.89. The molecular formula is C13H12ClNO3. The van der Waals surface area contributed by atoms with Crippen molar-refractivity contribution in [2.75, 3.05) is 7.11 Å². The van der Waals surface area contributed by atoms with Gasteiger partial charge in [0.25, 0.3) is 5.91 Å². The van der Waals surface area contributed by atoms with Crippen molar-refractivity contribution in [3.63, 3.8) is 0 Å². The number of rotatable bonds is 4. The largest absolute Gasteiger partial charge is 0.496 e. The topological polar surface area (TPSA) is 51.5 Å². The predicted octanol–water partition coefficient (Wildman–Crippen LogP) is 2.87. The molecule has 0 saturated carbocycles. The third-order valence-corrected chi connectivity index (χ3v) is 2.61. The molecule has 18 heavy (non-hydrogen) atoms. The van der Waals surface area contributed by atoms with Gasteiger partial charge in [-0.05, 0) is 35.9 Å². The van der Waals surface area contributed by atoms with Gasteiger partial charge in [-0.25, -0.2) is 0 Å². The zero-order valence-corrected chi connectivity index (χ0v) is 10.5. The van der Waals surface area contributed by atoms with Gasteiger partial charge in [0.15, 0.2) is 5.22 Å². The molecule has 0 radical (unpaired) electrons. The van der Waals surface area contributed by atoms with Crippen LogP contribution in [0.2, 0.25) is 5.22 Å². The average Bonchev–Trinajstić information content (AvgIpc) is 2.81. The molecule has 2 rings (SSSR count). The first-order valence-corrected chi connectivity index (χ1v) is 5.74. The number of hydrogen-bond acceptors (Lipinski definition) is 3. The average molecular weight is 266 g/mol. The Morgan fingerprint density at radius 3 is 2.78 bits per heavy atom. The molecule has 1 aromatic carbocycles. The molecule has 0 aliphatic heterocycles. The lowest BCUT2D eigenvalue weighted by molar-refractivity contribution is 0.0945. The molecule has 0 unspecified atom stereocenters. The molecule has 0 aliphatic carbocycles. The summed E-state index contributed by atoms with van der Waals surface area (Å²) in [6, 6.07) is 10.4. The Morgan fingerprint density at radius 2 is 2.11 bits per heavy atom. The van der Waals surface area contributed by atoms with Crippen molar-refractivity contribution in [1.82, 2.24) is 5.32 Å². The number of ether oxygens (including phenoxy) is 1. The van der Waals surface area contributed by atoms with Crippen LogP contribution in [0.25, 0.3) is 0 Å². The van der Waals surface area contributed by atoms with Gasteiger partial charge in [0.1, 0.15) is 11.5 Å². The molecule has 4 nitrogen and oxygen atoms in total. The number of carbonyl (C=O) groups excluding carboxylic acids is 1. The van der Waals surface area contributed by atoms with Gasteiger partial charge in [-0.3, -0.25) is 4.79 Å². The number of benzene rings is 1. The highest BCUT2D eigenvalue weighted by atomic mass is 35.5. The van der Waals surface area contributed by atoms with Crippen LogP contribution in [0.15, 0.2) is 40.8 Å². The highest BCUT2D eigenvalue weighted by Crippen LogP contribution is 2.17. The maximum atomic E-state index is 11.9. The van der Waals surface area contributed by atoms with Crippen molar-refractivity contribution in [3.05, 3.63) is 52.9 Å². The third-order valence-electron chi connectivity index (χ3n) is 2.40. The molecule has 94 valence electrons. The van der Waals surface area contributed by atoms with E-state index in [9.17, 15) is 4.79 Å². The number of para-hydroxylation sites is 1. The van der Waals surface area contributed by atoms with E-state index < -0.39 is 0 Å². The molecule has 0 bridgehead atoms. The fourth-order valence-corrected chi connectivity index (χ4v) is 1.70. The Labute approximate surface area is 110 Å². The Hall–Kier alpha value is -1.94. The summed E-state index contributed by atoms with van der Waals surface area (Å²) >= 11 is 5.64. The SMILES string of the molecule is COc1ccccc1C(=O)NCc1ccc(Cl)o1. The van der Waals surface area contributed by atoms with Crippen molar-refractivity contribution in [3.8, 4) is 5.75 Å². The van der Waals surface area contributed by atoms with Gasteiger partial charge < -0.3 is 14.5 Å². The van der Waals surface area contributed by atoms with Crippen LogP contribution in [0.3, 0.4) is 0 Å². The van der Waals surface area contributed by atoms with E-state index in [1.165, 1.54) is 7.11 Å². The monoisotopic (exact) mass is 265 g/mol. The van der Waals surface area contributed by atoms with Gasteiger partial charge in [-0.2, -0.15) is 0 Å². The summed E-state index contributed by atoms with van der Waals surface area (Å²) in [4.78, 5) is 11.9. The first-order chi connectivity index (χ1) is 8.70. The molecule has 0 saturated heterocycles. The smallest absolute Gasteiger partial charge is 0.255 e. The number of carbonyl (C=O) groups is 1. The second kappa shape index (κ2) is 5.60. The third kappa shape index (κ3) is 2.84. The van der Waals surface area contributed by atoms with E-state index in [1.54, 1.807) is 30.3 Å². The van der Waals surface area contributed by atoms with Crippen LogP contribution in [0.4, 0.5) is 0 Å². The molecule has 0 spiro atoms. The van der Waals surface area contributed by atoms with Gasteiger partial charge in [0, 0.05) is 0 Å². The highest BCUT2D eigenvalue weighted by Gasteiger charge is 2.11. The zero-order chi connectivity index (χ0) is 13.0. The van der Waals surface area contributed by atoms with Gasteiger partial charge in [-0.1, -0.05) is 12.1 Å². The molecule has 0 aliphatic rings. The van der Waals surface area contributed by atoms with E-state index in [0.29, 0.717) is 22.3 Å². The lowest BCUT2D eigenvalue weighted by Crippen LogP contribution is -2.23. The van der Waals surface area contributed by atoms with Crippen LogP contribution in [0.1, 0.15) is 16.1 Å². The highest BCUT2D eigenvalue weighted by molar-refractivity contribution is 6.28. The summed E-state index contributed by atoms with van der Waals surface area (Å²) in [6.45, 7) is 0.281. The van der Waals surface area contributed by atoms with Crippen LogP contribution in [0.5, 0.6) is 5.75 Å². The summed E-state index contributed by atoms with van der Waals surface area (Å²) in [7, 11) is 1.53. The number of furan rings is 1. The van der Waals surface area contributed by atoms with E-state index >= 15 is 0 Å². The fourth-order valence-electron chi connectivity index (χ4n) is 1.54. The number of hydrogen-bond donors (Lipinski definition) is 1. The minimum Gasteiger partial charge on any atom is -0.496 e. The van der Waals surface area contributed by atoms with Crippen LogP contribution < -0.4 is 10.1 Å². The molecule has 1 N–H and O–H groups in total. The van der Waals surface area contributed by atoms with E-state index in [0.717, 1.165) is 0 Å². The van der Waals surface area contributed by atoms with E-state index in [-0.39, 0.29) is 12.5 Å². The summed E-state index contributed by atoms with van der Waals surface area (Å²) in [6.07, 6.45) is 0. The fraction of sp³-hybridized carbons (Fsp3) is 0.154. The molecule has 1 aromatic heterocycles. The zero-order valence-electron chi connectivity index (χ0n) is 9.77. The van der Waals surface area contributed by atoms with Crippen molar-refractivity contribution in [2.45, 2.75) is 6.54 Å². The van der Waals surface area contributed by atoms with Gasteiger partial charge in [0.2, 0.25) is 0 Å². The number of amides is 1. The maximum Gasteiger partial charge on any atom is 0.255 e. The normalized spacial score (nSPS) is 10.1.